The molecule has 0 aliphatic rings. The second kappa shape index (κ2) is 13.1. The van der Waals surface area contributed by atoms with Gasteiger partial charge >= 0.3 is 17.1 Å². The standard InChI is InChI=1S/C3Cl2N3.CH4N4.Cu.H2N/c4-2-1-6-8-7-3(2)5;2-4-1-5-3;;/h;1-2H,3H2;;1H2/q-1;;+2;-1/b;4-2?,5-1+;;. The Morgan fingerprint density at radius 3 is 2.27 bits per heavy atom. The molecule has 1 heterocycles. The molecule has 1 radical (unpaired) electrons. The molecule has 0 bridgehead atoms. The van der Waals surface area contributed by atoms with Crippen molar-refractivity contribution in [1.29, 1.82) is 5.53 Å². The SMILES string of the molecule is Clc1[c-]nnnc1Cl.N=N/C=N/N.[Cu+2].[NH2-]. The number of aromatic nitrogens is 3. The molecule has 0 fully saturated rings. The number of halogens is 2. The van der Waals surface area contributed by atoms with E-state index in [0.717, 1.165) is 6.34 Å². The topological polar surface area (TPSA) is 147 Å². The van der Waals surface area contributed by atoms with Crippen LogP contribution < -0.4 is 5.84 Å². The molecule has 0 saturated heterocycles. The van der Waals surface area contributed by atoms with E-state index in [1.165, 1.54) is 0 Å². The van der Waals surface area contributed by atoms with Crippen LogP contribution in [-0.2, 0) is 17.1 Å². The van der Waals surface area contributed by atoms with Gasteiger partial charge in [0.05, 0.1) is 0 Å². The Bertz CT molecular complexity index is 273. The fourth-order valence-electron chi connectivity index (χ4n) is 0.251. The van der Waals surface area contributed by atoms with Gasteiger partial charge in [-0.05, 0) is 0 Å². The first-order valence-electron chi connectivity index (χ1n) is 2.72. The van der Waals surface area contributed by atoms with Crippen LogP contribution in [0.3, 0.4) is 0 Å². The van der Waals surface area contributed by atoms with Crippen molar-refractivity contribution in [1.82, 2.24) is 15.4 Å². The van der Waals surface area contributed by atoms with E-state index in [1.807, 2.05) is 0 Å². The molecule has 1 aromatic heterocycles. The van der Waals surface area contributed by atoms with Crippen LogP contribution in [0.1, 0.15) is 0 Å². The normalized spacial score (nSPS) is 7.87. The Labute approximate surface area is 106 Å². The first-order valence-corrected chi connectivity index (χ1v) is 3.48. The summed E-state index contributed by atoms with van der Waals surface area (Å²) < 4.78 is 0. The van der Waals surface area contributed by atoms with Crippen molar-refractivity contribution in [2.45, 2.75) is 0 Å². The van der Waals surface area contributed by atoms with Gasteiger partial charge in [0, 0.05) is 5.15 Å². The predicted octanol–water partition coefficient (Wildman–Crippen LogP) is 1.61. The number of nitrogens with zero attached hydrogens (tertiary/aromatic N) is 5. The van der Waals surface area contributed by atoms with Crippen LogP contribution in [0.2, 0.25) is 10.2 Å². The van der Waals surface area contributed by atoms with Crippen molar-refractivity contribution in [3.63, 3.8) is 0 Å². The minimum atomic E-state index is 0. The molecule has 11 heteroatoms. The third-order valence-corrected chi connectivity index (χ3v) is 1.26. The van der Waals surface area contributed by atoms with E-state index >= 15 is 0 Å². The molecule has 8 nitrogen and oxygen atoms in total. The number of hydrogen-bond donors (Lipinski definition) is 2. The first kappa shape index (κ1) is 19.7. The largest absolute Gasteiger partial charge is 2.00 e. The van der Waals surface area contributed by atoms with Gasteiger partial charge in [-0.2, -0.15) is 16.7 Å². The van der Waals surface area contributed by atoms with Crippen LogP contribution in [0.15, 0.2) is 10.2 Å². The number of nitrogens with two attached hydrogens (primary N) is 2. The summed E-state index contributed by atoms with van der Waals surface area (Å²) >= 11 is 10.7. The maximum absolute atomic E-state index is 6.00. The molecular formula is C4H6Cl2CuN8. The molecule has 0 amide bonds. The average Bonchev–Trinajstić information content (AvgIpc) is 2.13. The summed E-state index contributed by atoms with van der Waals surface area (Å²) in [6.45, 7) is 0. The molecule has 0 aliphatic heterocycles. The average molecular weight is 301 g/mol. The van der Waals surface area contributed by atoms with E-state index < -0.39 is 0 Å². The van der Waals surface area contributed by atoms with E-state index in [-0.39, 0.29) is 33.4 Å². The first-order chi connectivity index (χ1) is 6.22. The third kappa shape index (κ3) is 11.1. The van der Waals surface area contributed by atoms with Gasteiger partial charge in [-0.15, -0.1) is 16.7 Å². The molecule has 1 rings (SSSR count). The Morgan fingerprint density at radius 2 is 2.07 bits per heavy atom. The van der Waals surface area contributed by atoms with E-state index in [0.29, 0.717) is 0 Å². The van der Waals surface area contributed by atoms with Gasteiger partial charge in [-0.25, -0.2) is 15.7 Å². The third-order valence-electron chi connectivity index (χ3n) is 0.631. The van der Waals surface area contributed by atoms with Gasteiger partial charge < -0.3 is 12.0 Å². The minimum absolute atomic E-state index is 0. The van der Waals surface area contributed by atoms with Crippen LogP contribution in [0.25, 0.3) is 6.15 Å². The second-order valence-corrected chi connectivity index (χ2v) is 2.14. The monoisotopic (exact) mass is 299 g/mol. The zero-order chi connectivity index (χ0) is 10.1. The van der Waals surface area contributed by atoms with Crippen molar-refractivity contribution in [3.8, 4) is 0 Å². The van der Waals surface area contributed by atoms with Gasteiger partial charge in [0.15, 0.2) is 6.34 Å². The van der Waals surface area contributed by atoms with Crippen LogP contribution in [0.5, 0.6) is 0 Å². The molecule has 1 aromatic rings. The van der Waals surface area contributed by atoms with Crippen molar-refractivity contribution in [3.05, 3.63) is 22.5 Å². The minimum Gasteiger partial charge on any atom is -0.693 e. The smallest absolute Gasteiger partial charge is 0.693 e. The Hall–Kier alpha value is -0.861. The molecular weight excluding hydrogens is 295 g/mol. The van der Waals surface area contributed by atoms with Crippen molar-refractivity contribution < 1.29 is 17.1 Å². The molecule has 0 saturated carbocycles. The van der Waals surface area contributed by atoms with Gasteiger partial charge in [-0.3, -0.25) is 0 Å². The van der Waals surface area contributed by atoms with E-state index in [4.69, 9.17) is 28.7 Å². The molecule has 0 atom stereocenters. The molecule has 15 heavy (non-hydrogen) atoms. The zero-order valence-corrected chi connectivity index (χ0v) is 9.48. The summed E-state index contributed by atoms with van der Waals surface area (Å²) in [5.41, 5.74) is 6.00. The summed E-state index contributed by atoms with van der Waals surface area (Å²) in [5.74, 6) is 4.49. The molecule has 0 aliphatic carbocycles. The number of nitrogens with one attached hydrogen (secondary N) is 1. The summed E-state index contributed by atoms with van der Waals surface area (Å²) in [7, 11) is 0. The number of hydrazone groups is 1. The van der Waals surface area contributed by atoms with Gasteiger partial charge in [0.1, 0.15) is 0 Å². The van der Waals surface area contributed by atoms with Gasteiger partial charge in [0.2, 0.25) is 0 Å². The van der Waals surface area contributed by atoms with E-state index in [2.05, 4.69) is 37.7 Å². The Morgan fingerprint density at radius 1 is 1.47 bits per heavy atom. The summed E-state index contributed by atoms with van der Waals surface area (Å²) in [5, 5.41) is 15.6. The Balaban J connectivity index is -0.000000185. The van der Waals surface area contributed by atoms with Crippen LogP contribution >= 0.6 is 23.2 Å². The zero-order valence-electron chi connectivity index (χ0n) is 7.03. The quantitative estimate of drug-likeness (QED) is 0.154. The van der Waals surface area contributed by atoms with Gasteiger partial charge in [-0.1, -0.05) is 16.4 Å². The van der Waals surface area contributed by atoms with E-state index in [1.54, 1.807) is 0 Å². The number of hydrogen-bond acceptors (Lipinski definition) is 6. The molecule has 0 spiro atoms. The Kier molecular flexibility index (Phi) is 17.2. The molecule has 87 valence electrons. The van der Waals surface area contributed by atoms with Crippen molar-refractivity contribution in [2.75, 3.05) is 0 Å². The molecule has 0 aromatic carbocycles. The molecule has 5 N–H and O–H groups in total. The summed E-state index contributed by atoms with van der Waals surface area (Å²) in [4.78, 5) is 0. The fourth-order valence-corrected chi connectivity index (χ4v) is 0.403. The summed E-state index contributed by atoms with van der Waals surface area (Å²) in [6, 6.07) is 0. The number of rotatable bonds is 1. The second-order valence-electron chi connectivity index (χ2n) is 1.40. The van der Waals surface area contributed by atoms with Crippen LogP contribution in [0, 0.1) is 11.7 Å². The predicted molar refractivity (Wildman–Crippen MR) is 51.8 cm³/mol. The van der Waals surface area contributed by atoms with Crippen molar-refractivity contribution >= 4 is 29.5 Å². The van der Waals surface area contributed by atoms with E-state index in [9.17, 15) is 0 Å². The van der Waals surface area contributed by atoms with Gasteiger partial charge in [0.25, 0.3) is 0 Å². The maximum Gasteiger partial charge on any atom is 2.00 e. The van der Waals surface area contributed by atoms with Crippen LogP contribution in [0.4, 0.5) is 0 Å². The fraction of sp³-hybridized carbons (Fsp3) is 0. The molecule has 0 unspecified atom stereocenters. The van der Waals surface area contributed by atoms with Crippen LogP contribution in [-0.4, -0.2) is 21.7 Å². The maximum atomic E-state index is 6.00. The van der Waals surface area contributed by atoms with Crippen molar-refractivity contribution in [2.24, 2.45) is 16.1 Å². The summed E-state index contributed by atoms with van der Waals surface area (Å²) in [6.07, 6.45) is 3.25.